The van der Waals surface area contributed by atoms with E-state index in [1.807, 2.05) is 0 Å². The highest BCUT2D eigenvalue weighted by Crippen LogP contribution is 2.30. The average Bonchev–Trinajstić information content (AvgIpc) is 2.66. The number of phenols is 1. The Labute approximate surface area is 163 Å². The van der Waals surface area contributed by atoms with Crippen LogP contribution in [0.2, 0.25) is 0 Å². The molecule has 0 unspecified atom stereocenters. The number of ether oxygens (including phenoxy) is 1. The normalized spacial score (nSPS) is 10.4. The molecule has 0 atom stereocenters. The predicted octanol–water partition coefficient (Wildman–Crippen LogP) is 3.68. The Bertz CT molecular complexity index is 928. The maximum Gasteiger partial charge on any atom is 0.336 e. The van der Waals surface area contributed by atoms with Crippen LogP contribution in [0.4, 0.5) is 0 Å². The number of phenolic OH excluding ortho intramolecular Hbond substituents is 1. The van der Waals surface area contributed by atoms with E-state index in [1.54, 1.807) is 44.2 Å². The van der Waals surface area contributed by atoms with Crippen molar-refractivity contribution in [3.63, 3.8) is 0 Å². The lowest BCUT2D eigenvalue weighted by molar-refractivity contribution is -0.139. The fourth-order valence-electron chi connectivity index (χ4n) is 2.89. The summed E-state index contributed by atoms with van der Waals surface area (Å²) in [7, 11) is 0. The Morgan fingerprint density at radius 3 is 2.36 bits per heavy atom. The highest BCUT2D eigenvalue weighted by Gasteiger charge is 2.24. The van der Waals surface area contributed by atoms with Gasteiger partial charge in [-0.3, -0.25) is 4.79 Å². The third kappa shape index (κ3) is 4.65. The van der Waals surface area contributed by atoms with Crippen molar-refractivity contribution in [2.45, 2.75) is 26.7 Å². The number of hydrogen-bond acceptors (Lipinski definition) is 5. The molecule has 6 nitrogen and oxygen atoms in total. The summed E-state index contributed by atoms with van der Waals surface area (Å²) in [6.07, 6.45) is 0.717. The molecule has 2 aromatic rings. The van der Waals surface area contributed by atoms with Crippen LogP contribution in [0, 0.1) is 6.92 Å². The van der Waals surface area contributed by atoms with Crippen molar-refractivity contribution in [1.29, 1.82) is 0 Å². The maximum absolute atomic E-state index is 12.9. The minimum Gasteiger partial charge on any atom is -0.508 e. The van der Waals surface area contributed by atoms with Gasteiger partial charge in [-0.1, -0.05) is 36.9 Å². The zero-order valence-corrected chi connectivity index (χ0v) is 15.8. The standard InChI is InChI=1S/C22H22O6/c1-13(2)22(27)28-11-7-10-16-14(3)19(17(21(25)26)12-18(16)23)20(24)15-8-5-4-6-9-15/h4-6,8-9,12,23H,1,7,10-11H2,2-3H3,(H,25,26). The molecule has 0 aliphatic carbocycles. The Morgan fingerprint density at radius 2 is 1.79 bits per heavy atom. The van der Waals surface area contributed by atoms with E-state index in [1.165, 1.54) is 0 Å². The number of benzene rings is 2. The third-order valence-electron chi connectivity index (χ3n) is 4.33. The van der Waals surface area contributed by atoms with Crippen LogP contribution < -0.4 is 0 Å². The van der Waals surface area contributed by atoms with Gasteiger partial charge in [0, 0.05) is 16.7 Å². The van der Waals surface area contributed by atoms with E-state index in [0.717, 1.165) is 6.07 Å². The summed E-state index contributed by atoms with van der Waals surface area (Å²) in [6.45, 7) is 6.77. The molecule has 0 spiro atoms. The number of rotatable bonds is 8. The van der Waals surface area contributed by atoms with Crippen molar-refractivity contribution in [2.24, 2.45) is 0 Å². The molecule has 2 N–H and O–H groups in total. The summed E-state index contributed by atoms with van der Waals surface area (Å²) in [5.74, 6) is -2.42. The molecule has 0 radical (unpaired) electrons. The minimum atomic E-state index is -1.29. The van der Waals surface area contributed by atoms with E-state index in [4.69, 9.17) is 4.74 Å². The van der Waals surface area contributed by atoms with Crippen LogP contribution in [0.5, 0.6) is 5.75 Å². The van der Waals surface area contributed by atoms with Gasteiger partial charge in [-0.05, 0) is 43.9 Å². The number of hydrogen-bond donors (Lipinski definition) is 2. The van der Waals surface area contributed by atoms with Gasteiger partial charge < -0.3 is 14.9 Å². The quantitative estimate of drug-likeness (QED) is 0.313. The summed E-state index contributed by atoms with van der Waals surface area (Å²) >= 11 is 0. The molecule has 0 amide bonds. The van der Waals surface area contributed by atoms with Gasteiger partial charge in [0.2, 0.25) is 0 Å². The van der Waals surface area contributed by atoms with E-state index in [9.17, 15) is 24.6 Å². The molecule has 0 fully saturated rings. The van der Waals surface area contributed by atoms with Gasteiger partial charge in [0.15, 0.2) is 5.78 Å². The van der Waals surface area contributed by atoms with Crippen LogP contribution in [0.15, 0.2) is 48.6 Å². The van der Waals surface area contributed by atoms with E-state index >= 15 is 0 Å². The highest BCUT2D eigenvalue weighted by molar-refractivity contribution is 6.15. The van der Waals surface area contributed by atoms with Crippen LogP contribution in [0.3, 0.4) is 0 Å². The molecular formula is C22H22O6. The monoisotopic (exact) mass is 382 g/mol. The van der Waals surface area contributed by atoms with Crippen molar-refractivity contribution in [2.75, 3.05) is 6.61 Å². The van der Waals surface area contributed by atoms with Crippen molar-refractivity contribution in [3.8, 4) is 5.75 Å². The molecule has 146 valence electrons. The van der Waals surface area contributed by atoms with Gasteiger partial charge in [-0.2, -0.15) is 0 Å². The molecule has 0 aliphatic heterocycles. The lowest BCUT2D eigenvalue weighted by atomic mass is 9.89. The number of carbonyl (C=O) groups is 3. The molecule has 0 aromatic heterocycles. The summed E-state index contributed by atoms with van der Waals surface area (Å²) < 4.78 is 5.03. The maximum atomic E-state index is 12.9. The van der Waals surface area contributed by atoms with Gasteiger partial charge in [-0.15, -0.1) is 0 Å². The summed E-state index contributed by atoms with van der Waals surface area (Å²) in [4.78, 5) is 36.0. The topological polar surface area (TPSA) is 101 Å². The van der Waals surface area contributed by atoms with Crippen LogP contribution in [-0.4, -0.2) is 34.5 Å². The first-order chi connectivity index (χ1) is 13.2. The average molecular weight is 382 g/mol. The van der Waals surface area contributed by atoms with Gasteiger partial charge in [0.25, 0.3) is 0 Å². The summed E-state index contributed by atoms with van der Waals surface area (Å²) in [5.41, 5.74) is 1.31. The second-order valence-electron chi connectivity index (χ2n) is 6.44. The first-order valence-electron chi connectivity index (χ1n) is 8.75. The van der Waals surface area contributed by atoms with Gasteiger partial charge in [0.1, 0.15) is 5.75 Å². The molecule has 0 saturated carbocycles. The Morgan fingerprint density at radius 1 is 1.14 bits per heavy atom. The predicted molar refractivity (Wildman–Crippen MR) is 104 cm³/mol. The van der Waals surface area contributed by atoms with Crippen molar-refractivity contribution in [1.82, 2.24) is 0 Å². The van der Waals surface area contributed by atoms with Crippen molar-refractivity contribution >= 4 is 17.7 Å². The van der Waals surface area contributed by atoms with E-state index < -0.39 is 17.7 Å². The lowest BCUT2D eigenvalue weighted by Gasteiger charge is -2.16. The lowest BCUT2D eigenvalue weighted by Crippen LogP contribution is -2.14. The highest BCUT2D eigenvalue weighted by atomic mass is 16.5. The zero-order chi connectivity index (χ0) is 20.8. The van der Waals surface area contributed by atoms with Gasteiger partial charge in [-0.25, -0.2) is 9.59 Å². The van der Waals surface area contributed by atoms with E-state index in [2.05, 4.69) is 6.58 Å². The molecule has 0 bridgehead atoms. The number of carboxylic acids is 1. The molecule has 0 saturated heterocycles. The zero-order valence-electron chi connectivity index (χ0n) is 15.8. The molecule has 0 aliphatic rings. The first-order valence-corrected chi connectivity index (χ1v) is 8.75. The first kappa shape index (κ1) is 20.9. The molecule has 0 heterocycles. The number of aromatic carboxylic acids is 1. The number of carbonyl (C=O) groups excluding carboxylic acids is 2. The van der Waals surface area contributed by atoms with Crippen LogP contribution in [0.1, 0.15) is 50.8 Å². The number of carboxylic acid groups (broad SMARTS) is 1. The SMILES string of the molecule is C=C(C)C(=O)OCCCc1c(O)cc(C(=O)O)c(C(=O)c2ccccc2)c1C. The molecular weight excluding hydrogens is 360 g/mol. The molecule has 28 heavy (non-hydrogen) atoms. The number of esters is 1. The van der Waals surface area contributed by atoms with Crippen LogP contribution >= 0.6 is 0 Å². The van der Waals surface area contributed by atoms with E-state index in [-0.39, 0.29) is 23.5 Å². The van der Waals surface area contributed by atoms with Gasteiger partial charge in [0.05, 0.1) is 12.2 Å². The fourth-order valence-corrected chi connectivity index (χ4v) is 2.89. The smallest absolute Gasteiger partial charge is 0.336 e. The molecule has 2 aromatic carbocycles. The second kappa shape index (κ2) is 8.99. The van der Waals surface area contributed by atoms with Crippen molar-refractivity contribution in [3.05, 3.63) is 76.4 Å². The Balaban J connectivity index is 2.35. The third-order valence-corrected chi connectivity index (χ3v) is 4.33. The van der Waals surface area contributed by atoms with Gasteiger partial charge >= 0.3 is 11.9 Å². The molecule has 6 heteroatoms. The minimum absolute atomic E-state index is 0.0467. The van der Waals surface area contributed by atoms with Crippen molar-refractivity contribution < 1.29 is 29.3 Å². The van der Waals surface area contributed by atoms with E-state index in [0.29, 0.717) is 35.1 Å². The number of aromatic hydroxyl groups is 1. The molecule has 2 rings (SSSR count). The fraction of sp³-hybridized carbons (Fsp3) is 0.227. The summed E-state index contributed by atoms with van der Waals surface area (Å²) in [6, 6.07) is 9.46. The largest absolute Gasteiger partial charge is 0.508 e. The number of ketones is 1. The second-order valence-corrected chi connectivity index (χ2v) is 6.44. The summed E-state index contributed by atoms with van der Waals surface area (Å²) in [5, 5.41) is 19.8. The Hall–Kier alpha value is -3.41. The Kier molecular flexibility index (Phi) is 6.71. The van der Waals surface area contributed by atoms with Crippen LogP contribution in [-0.2, 0) is 16.0 Å². The van der Waals surface area contributed by atoms with Crippen LogP contribution in [0.25, 0.3) is 0 Å².